The first-order chi connectivity index (χ1) is 11.8. The summed E-state index contributed by atoms with van der Waals surface area (Å²) in [5.41, 5.74) is 6.07. The monoisotopic (exact) mass is 362 g/mol. The van der Waals surface area contributed by atoms with E-state index in [1.165, 1.54) is 6.26 Å². The van der Waals surface area contributed by atoms with E-state index in [2.05, 4.69) is 0 Å². The van der Waals surface area contributed by atoms with Crippen molar-refractivity contribution in [2.75, 3.05) is 19.6 Å². The van der Waals surface area contributed by atoms with Gasteiger partial charge in [-0.15, -0.1) is 0 Å². The lowest BCUT2D eigenvalue weighted by molar-refractivity contribution is 0.0744. The molecule has 3 rings (SSSR count). The molecule has 1 fully saturated rings. The number of furan rings is 1. The van der Waals surface area contributed by atoms with E-state index in [-0.39, 0.29) is 27.7 Å². The van der Waals surface area contributed by atoms with Crippen molar-refractivity contribution in [2.45, 2.75) is 24.0 Å². The van der Waals surface area contributed by atoms with Gasteiger partial charge in [0.15, 0.2) is 15.6 Å². The average molecular weight is 362 g/mol. The highest BCUT2D eigenvalue weighted by molar-refractivity contribution is 7.90. The summed E-state index contributed by atoms with van der Waals surface area (Å²) in [6.45, 7) is 3.69. The molecule has 6 nitrogen and oxygen atoms in total. The molecule has 2 aromatic rings. The van der Waals surface area contributed by atoms with Crippen LogP contribution in [-0.4, -0.2) is 38.9 Å². The number of sulfone groups is 1. The summed E-state index contributed by atoms with van der Waals surface area (Å²) in [7, 11) is -3.54. The van der Waals surface area contributed by atoms with Gasteiger partial charge >= 0.3 is 0 Å². The molecule has 7 heteroatoms. The van der Waals surface area contributed by atoms with E-state index in [4.69, 9.17) is 10.2 Å². The normalized spacial score (nSPS) is 20.8. The average Bonchev–Trinajstić information content (AvgIpc) is 3.22. The van der Waals surface area contributed by atoms with Crippen molar-refractivity contribution < 1.29 is 17.6 Å². The first-order valence-electron chi connectivity index (χ1n) is 8.18. The third kappa shape index (κ3) is 3.62. The number of likely N-dealkylation sites (tertiary alicyclic amines) is 1. The maximum atomic E-state index is 12.8. The molecule has 2 N–H and O–H groups in total. The Balaban J connectivity index is 1.81. The standard InChI is InChI=1S/C18H22N2O4S/c1-18(12-19)8-9-20(13-18)17(21)16-14(7-10-24-16)11-25(22,23)15-5-3-2-4-6-15/h2-7,10H,8-9,11-13,19H2,1H3. The van der Waals surface area contributed by atoms with Crippen LogP contribution in [0.1, 0.15) is 29.5 Å². The minimum atomic E-state index is -3.54. The second kappa shape index (κ2) is 6.65. The molecule has 134 valence electrons. The molecule has 1 aliphatic rings. The molecule has 2 heterocycles. The van der Waals surface area contributed by atoms with Gasteiger partial charge in [0.2, 0.25) is 0 Å². The highest BCUT2D eigenvalue weighted by Gasteiger charge is 2.37. The van der Waals surface area contributed by atoms with E-state index in [1.54, 1.807) is 41.3 Å². The van der Waals surface area contributed by atoms with Crippen LogP contribution in [0.25, 0.3) is 0 Å². The lowest BCUT2D eigenvalue weighted by atomic mass is 9.90. The Labute approximate surface area is 147 Å². The van der Waals surface area contributed by atoms with Crippen LogP contribution in [-0.2, 0) is 15.6 Å². The number of nitrogens with two attached hydrogens (primary N) is 1. The number of benzene rings is 1. The molecule has 1 saturated heterocycles. The summed E-state index contributed by atoms with van der Waals surface area (Å²) in [5.74, 6) is -0.447. The molecule has 1 aliphatic heterocycles. The largest absolute Gasteiger partial charge is 0.459 e. The zero-order valence-electron chi connectivity index (χ0n) is 14.1. The Bertz CT molecular complexity index is 860. The summed E-state index contributed by atoms with van der Waals surface area (Å²) in [4.78, 5) is 14.7. The van der Waals surface area contributed by atoms with E-state index in [0.29, 0.717) is 25.2 Å². The molecule has 25 heavy (non-hydrogen) atoms. The summed E-state index contributed by atoms with van der Waals surface area (Å²) >= 11 is 0. The van der Waals surface area contributed by atoms with Crippen LogP contribution in [0.3, 0.4) is 0 Å². The molecule has 0 saturated carbocycles. The van der Waals surface area contributed by atoms with Gasteiger partial charge in [-0.25, -0.2) is 8.42 Å². The van der Waals surface area contributed by atoms with E-state index in [1.807, 2.05) is 6.92 Å². The zero-order chi connectivity index (χ0) is 18.1. The van der Waals surface area contributed by atoms with Crippen molar-refractivity contribution in [3.05, 3.63) is 54.0 Å². The van der Waals surface area contributed by atoms with Gasteiger partial charge in [-0.1, -0.05) is 25.1 Å². The highest BCUT2D eigenvalue weighted by atomic mass is 32.2. The van der Waals surface area contributed by atoms with Crippen LogP contribution in [0.2, 0.25) is 0 Å². The predicted molar refractivity (Wildman–Crippen MR) is 93.7 cm³/mol. The van der Waals surface area contributed by atoms with Gasteiger partial charge in [-0.05, 0) is 36.6 Å². The fourth-order valence-corrected chi connectivity index (χ4v) is 4.44. The Hall–Kier alpha value is -2.12. The Kier molecular flexibility index (Phi) is 4.71. The molecule has 1 amide bonds. The lowest BCUT2D eigenvalue weighted by Crippen LogP contribution is -2.34. The molecule has 0 spiro atoms. The predicted octanol–water partition coefficient (Wildman–Crippen LogP) is 2.06. The first kappa shape index (κ1) is 17.7. The topological polar surface area (TPSA) is 93.6 Å². The molecule has 0 radical (unpaired) electrons. The molecule has 1 aromatic heterocycles. The van der Waals surface area contributed by atoms with Crippen LogP contribution in [0, 0.1) is 5.41 Å². The number of carbonyl (C=O) groups is 1. The number of hydrogen-bond acceptors (Lipinski definition) is 5. The van der Waals surface area contributed by atoms with Gasteiger partial charge in [0.1, 0.15) is 0 Å². The molecule has 1 atom stereocenters. The van der Waals surface area contributed by atoms with Crippen molar-refractivity contribution in [1.82, 2.24) is 4.90 Å². The summed E-state index contributed by atoms with van der Waals surface area (Å²) < 4.78 is 30.5. The summed E-state index contributed by atoms with van der Waals surface area (Å²) in [5, 5.41) is 0. The van der Waals surface area contributed by atoms with Gasteiger partial charge in [0, 0.05) is 18.7 Å². The van der Waals surface area contributed by atoms with E-state index >= 15 is 0 Å². The Morgan fingerprint density at radius 3 is 2.64 bits per heavy atom. The van der Waals surface area contributed by atoms with Crippen LogP contribution >= 0.6 is 0 Å². The third-order valence-electron chi connectivity index (χ3n) is 4.73. The van der Waals surface area contributed by atoms with E-state index in [9.17, 15) is 13.2 Å². The molecule has 0 aliphatic carbocycles. The van der Waals surface area contributed by atoms with Gasteiger partial charge in [0.25, 0.3) is 5.91 Å². The lowest BCUT2D eigenvalue weighted by Gasteiger charge is -2.22. The fraction of sp³-hybridized carbons (Fsp3) is 0.389. The van der Waals surface area contributed by atoms with Crippen LogP contribution < -0.4 is 5.73 Å². The molecule has 0 bridgehead atoms. The number of nitrogens with zero attached hydrogens (tertiary/aromatic N) is 1. The van der Waals surface area contributed by atoms with Crippen molar-refractivity contribution in [1.29, 1.82) is 0 Å². The SMILES string of the molecule is CC1(CN)CCN(C(=O)c2occc2CS(=O)(=O)c2ccccc2)C1. The highest BCUT2D eigenvalue weighted by Crippen LogP contribution is 2.30. The first-order valence-corrected chi connectivity index (χ1v) is 9.83. The minimum absolute atomic E-state index is 0.0979. The second-order valence-electron chi connectivity index (χ2n) is 6.84. The number of hydrogen-bond donors (Lipinski definition) is 1. The summed E-state index contributed by atoms with van der Waals surface area (Å²) in [6, 6.07) is 9.74. The fourth-order valence-electron chi connectivity index (χ4n) is 3.06. The van der Waals surface area contributed by atoms with Gasteiger partial charge in [-0.3, -0.25) is 4.79 Å². The number of rotatable bonds is 5. The maximum absolute atomic E-state index is 12.8. The molecule has 1 aromatic carbocycles. The molecular weight excluding hydrogens is 340 g/mol. The second-order valence-corrected chi connectivity index (χ2v) is 8.83. The van der Waals surface area contributed by atoms with Crippen molar-refractivity contribution in [3.63, 3.8) is 0 Å². The number of amides is 1. The van der Waals surface area contributed by atoms with Gasteiger partial charge in [-0.2, -0.15) is 0 Å². The third-order valence-corrected chi connectivity index (χ3v) is 6.41. The Morgan fingerprint density at radius 2 is 2.00 bits per heavy atom. The zero-order valence-corrected chi connectivity index (χ0v) is 15.0. The van der Waals surface area contributed by atoms with Gasteiger partial charge in [0.05, 0.1) is 16.9 Å². The summed E-state index contributed by atoms with van der Waals surface area (Å²) in [6.07, 6.45) is 2.19. The quantitative estimate of drug-likeness (QED) is 0.879. The van der Waals surface area contributed by atoms with Crippen LogP contribution in [0.4, 0.5) is 0 Å². The molecule has 1 unspecified atom stereocenters. The smallest absolute Gasteiger partial charge is 0.289 e. The van der Waals surface area contributed by atoms with Crippen LogP contribution in [0.5, 0.6) is 0 Å². The molecular formula is C18H22N2O4S. The van der Waals surface area contributed by atoms with Crippen molar-refractivity contribution >= 4 is 15.7 Å². The van der Waals surface area contributed by atoms with Crippen molar-refractivity contribution in [3.8, 4) is 0 Å². The van der Waals surface area contributed by atoms with Gasteiger partial charge < -0.3 is 15.1 Å². The number of carbonyl (C=O) groups excluding carboxylic acids is 1. The maximum Gasteiger partial charge on any atom is 0.289 e. The van der Waals surface area contributed by atoms with Crippen molar-refractivity contribution in [2.24, 2.45) is 11.1 Å². The van der Waals surface area contributed by atoms with E-state index < -0.39 is 9.84 Å². The minimum Gasteiger partial charge on any atom is -0.459 e. The van der Waals surface area contributed by atoms with Crippen LogP contribution in [0.15, 0.2) is 52.0 Å². The Morgan fingerprint density at radius 1 is 1.28 bits per heavy atom. The van der Waals surface area contributed by atoms with E-state index in [0.717, 1.165) is 6.42 Å².